The van der Waals surface area contributed by atoms with Crippen LogP contribution in [0.15, 0.2) is 227 Å². The van der Waals surface area contributed by atoms with E-state index in [0.29, 0.717) is 0 Å². The molecule has 10 aromatic rings. The zero-order valence-corrected chi connectivity index (χ0v) is 32.7. The molecule has 59 heavy (non-hydrogen) atoms. The van der Waals surface area contributed by atoms with Gasteiger partial charge in [-0.2, -0.15) is 0 Å². The van der Waals surface area contributed by atoms with E-state index in [9.17, 15) is 0 Å². The van der Waals surface area contributed by atoms with Gasteiger partial charge in [-0.3, -0.25) is 0 Å². The van der Waals surface area contributed by atoms with E-state index >= 15 is 0 Å². The van der Waals surface area contributed by atoms with Gasteiger partial charge in [-0.25, -0.2) is 0 Å². The summed E-state index contributed by atoms with van der Waals surface area (Å²) >= 11 is 1.85. The van der Waals surface area contributed by atoms with E-state index in [1.807, 2.05) is 11.8 Å². The molecule has 0 atom stereocenters. The summed E-state index contributed by atoms with van der Waals surface area (Å²) in [5, 5.41) is 2.19. The largest absolute Gasteiger partial charge is 0.457 e. The van der Waals surface area contributed by atoms with Gasteiger partial charge in [-0.1, -0.05) is 139 Å². The van der Waals surface area contributed by atoms with Crippen molar-refractivity contribution in [1.82, 2.24) is 0 Å². The number of ether oxygens (including phenoxy) is 1. The molecular formula is C55H35NO2S. The van der Waals surface area contributed by atoms with E-state index in [2.05, 4.69) is 217 Å². The molecule has 0 amide bonds. The van der Waals surface area contributed by atoms with Gasteiger partial charge in [0.25, 0.3) is 0 Å². The number of para-hydroxylation sites is 3. The lowest BCUT2D eigenvalue weighted by molar-refractivity contribution is 0.431. The summed E-state index contributed by atoms with van der Waals surface area (Å²) in [6.07, 6.45) is 0. The van der Waals surface area contributed by atoms with Crippen LogP contribution in [0.25, 0.3) is 44.2 Å². The lowest BCUT2D eigenvalue weighted by atomic mass is 9.63. The summed E-state index contributed by atoms with van der Waals surface area (Å²) < 4.78 is 13.4. The molecule has 1 spiro atoms. The molecule has 4 heteroatoms. The molecule has 9 aromatic carbocycles. The number of hydrogen-bond donors (Lipinski definition) is 0. The molecule has 0 bridgehead atoms. The van der Waals surface area contributed by atoms with Gasteiger partial charge in [-0.15, -0.1) is 0 Å². The van der Waals surface area contributed by atoms with Crippen molar-refractivity contribution in [2.75, 3.05) is 4.90 Å². The monoisotopic (exact) mass is 773 g/mol. The van der Waals surface area contributed by atoms with Crippen molar-refractivity contribution in [3.05, 3.63) is 235 Å². The Kier molecular flexibility index (Phi) is 7.69. The average Bonchev–Trinajstić information content (AvgIpc) is 3.67. The molecule has 2 aliphatic rings. The Hall–Kier alpha value is -7.27. The van der Waals surface area contributed by atoms with Crippen LogP contribution in [-0.2, 0) is 5.41 Å². The van der Waals surface area contributed by atoms with Crippen LogP contribution in [0.2, 0.25) is 0 Å². The van der Waals surface area contributed by atoms with Gasteiger partial charge in [0.05, 0.1) is 5.41 Å². The highest BCUT2D eigenvalue weighted by Gasteiger charge is 2.49. The maximum absolute atomic E-state index is 6.77. The predicted octanol–water partition coefficient (Wildman–Crippen LogP) is 15.3. The Morgan fingerprint density at radius 2 is 0.864 bits per heavy atom. The molecular weight excluding hydrogens is 739 g/mol. The smallest absolute Gasteiger partial charge is 0.137 e. The van der Waals surface area contributed by atoms with Gasteiger partial charge < -0.3 is 14.1 Å². The second kappa shape index (κ2) is 13.4. The molecule has 278 valence electrons. The SMILES string of the molecule is c1ccc(-c2ccc(N(c3ccccc3)c3ccc4c(c3)oc3cc(-c5ccc6c(c5)C5(c7ccccc7Oc7ccccc75)c5ccccc5S6)ccc34)cc2)cc1. The van der Waals surface area contributed by atoms with E-state index in [-0.39, 0.29) is 0 Å². The lowest BCUT2D eigenvalue weighted by Crippen LogP contribution is -2.36. The molecule has 0 saturated carbocycles. The van der Waals surface area contributed by atoms with Crippen LogP contribution in [0.3, 0.4) is 0 Å². The van der Waals surface area contributed by atoms with Crippen LogP contribution in [-0.4, -0.2) is 0 Å². The van der Waals surface area contributed by atoms with Crippen molar-refractivity contribution >= 4 is 50.8 Å². The predicted molar refractivity (Wildman–Crippen MR) is 242 cm³/mol. The van der Waals surface area contributed by atoms with Gasteiger partial charge >= 0.3 is 0 Å². The van der Waals surface area contributed by atoms with Gasteiger partial charge in [-0.05, 0) is 112 Å². The average molecular weight is 774 g/mol. The van der Waals surface area contributed by atoms with Crippen molar-refractivity contribution in [3.63, 3.8) is 0 Å². The Bertz CT molecular complexity index is 3120. The number of anilines is 3. The fraction of sp³-hybridized carbons (Fsp3) is 0.0182. The van der Waals surface area contributed by atoms with Crippen LogP contribution < -0.4 is 9.64 Å². The highest BCUT2D eigenvalue weighted by Crippen LogP contribution is 2.61. The van der Waals surface area contributed by atoms with E-state index in [1.165, 1.54) is 32.0 Å². The number of nitrogens with zero attached hydrogens (tertiary/aromatic N) is 1. The van der Waals surface area contributed by atoms with Crippen LogP contribution in [0.1, 0.15) is 22.3 Å². The Morgan fingerprint density at radius 1 is 0.356 bits per heavy atom. The summed E-state index contributed by atoms with van der Waals surface area (Å²) in [5.41, 5.74) is 13.8. The van der Waals surface area contributed by atoms with E-state index in [0.717, 1.165) is 72.8 Å². The second-order valence-electron chi connectivity index (χ2n) is 15.2. The topological polar surface area (TPSA) is 25.6 Å². The molecule has 3 nitrogen and oxygen atoms in total. The number of fused-ring (bicyclic) bond motifs is 11. The molecule has 0 fully saturated rings. The van der Waals surface area contributed by atoms with Crippen molar-refractivity contribution in [2.45, 2.75) is 15.2 Å². The second-order valence-corrected chi connectivity index (χ2v) is 16.3. The summed E-state index contributed by atoms with van der Waals surface area (Å²) in [5.74, 6) is 1.78. The van der Waals surface area contributed by atoms with Gasteiger partial charge in [0.15, 0.2) is 0 Å². The van der Waals surface area contributed by atoms with Crippen molar-refractivity contribution in [3.8, 4) is 33.8 Å². The van der Waals surface area contributed by atoms with Gasteiger partial charge in [0, 0.05) is 54.8 Å². The summed E-state index contributed by atoms with van der Waals surface area (Å²) in [7, 11) is 0. The highest BCUT2D eigenvalue weighted by molar-refractivity contribution is 7.99. The summed E-state index contributed by atoms with van der Waals surface area (Å²) in [6, 6.07) is 75.9. The summed E-state index contributed by atoms with van der Waals surface area (Å²) in [4.78, 5) is 4.80. The Balaban J connectivity index is 0.974. The Morgan fingerprint density at radius 3 is 1.61 bits per heavy atom. The van der Waals surface area contributed by atoms with Crippen molar-refractivity contribution in [2.24, 2.45) is 0 Å². The van der Waals surface area contributed by atoms with Crippen LogP contribution in [0.4, 0.5) is 17.1 Å². The molecule has 3 heterocycles. The van der Waals surface area contributed by atoms with Gasteiger partial charge in [0.2, 0.25) is 0 Å². The maximum atomic E-state index is 6.77. The fourth-order valence-corrected chi connectivity index (χ4v) is 10.5. The van der Waals surface area contributed by atoms with Crippen LogP contribution >= 0.6 is 11.8 Å². The normalized spacial score (nSPS) is 13.3. The Labute approximate surface area is 346 Å². The molecule has 0 N–H and O–H groups in total. The molecule has 0 aliphatic carbocycles. The minimum atomic E-state index is -0.551. The molecule has 0 unspecified atom stereocenters. The summed E-state index contributed by atoms with van der Waals surface area (Å²) in [6.45, 7) is 0. The first kappa shape index (κ1) is 33.8. The number of rotatable bonds is 5. The minimum Gasteiger partial charge on any atom is -0.457 e. The molecule has 0 radical (unpaired) electrons. The van der Waals surface area contributed by atoms with Crippen LogP contribution in [0, 0.1) is 0 Å². The third kappa shape index (κ3) is 5.30. The fourth-order valence-electron chi connectivity index (χ4n) is 9.34. The number of benzene rings is 9. The zero-order valence-electron chi connectivity index (χ0n) is 31.9. The molecule has 0 saturated heterocycles. The first-order valence-corrected chi connectivity index (χ1v) is 20.8. The van der Waals surface area contributed by atoms with Crippen LogP contribution in [0.5, 0.6) is 11.5 Å². The highest BCUT2D eigenvalue weighted by atomic mass is 32.2. The van der Waals surface area contributed by atoms with Crippen molar-refractivity contribution < 1.29 is 9.15 Å². The third-order valence-electron chi connectivity index (χ3n) is 12.0. The number of hydrogen-bond acceptors (Lipinski definition) is 4. The number of furan rings is 1. The van der Waals surface area contributed by atoms with Gasteiger partial charge in [0.1, 0.15) is 22.7 Å². The molecule has 1 aromatic heterocycles. The maximum Gasteiger partial charge on any atom is 0.137 e. The third-order valence-corrected chi connectivity index (χ3v) is 13.1. The van der Waals surface area contributed by atoms with E-state index < -0.39 is 5.41 Å². The first-order chi connectivity index (χ1) is 29.2. The van der Waals surface area contributed by atoms with E-state index in [1.54, 1.807) is 0 Å². The quantitative estimate of drug-likeness (QED) is 0.174. The molecule has 2 aliphatic heterocycles. The standard InChI is InChI=1S/C55H35NO2S/c1-3-13-36(14-4-1)37-23-27-41(28-24-37)56(40-15-5-2-6-16-40)42-29-31-44-43-30-25-39(34-51(43)58-52(44)35-42)38-26-32-54-48(33-38)55(47-19-9-12-22-53(47)59-54)45-17-7-10-20-49(45)57-50-21-11-8-18-46(50)55/h1-35H. The minimum absolute atomic E-state index is 0.551. The molecule has 12 rings (SSSR count). The van der Waals surface area contributed by atoms with E-state index in [4.69, 9.17) is 9.15 Å². The zero-order chi connectivity index (χ0) is 38.9. The first-order valence-electron chi connectivity index (χ1n) is 20.0. The lowest BCUT2D eigenvalue weighted by Gasteiger charge is -2.45. The van der Waals surface area contributed by atoms with Crippen molar-refractivity contribution in [1.29, 1.82) is 0 Å².